The fraction of sp³-hybridized carbons (Fsp3) is 0.182. The predicted molar refractivity (Wildman–Crippen MR) is 71.4 cm³/mol. The van der Waals surface area contributed by atoms with E-state index >= 15 is 0 Å². The smallest absolute Gasteiger partial charge is 0.273 e. The summed E-state index contributed by atoms with van der Waals surface area (Å²) in [5, 5.41) is 14.0. The van der Waals surface area contributed by atoms with Gasteiger partial charge in [0.25, 0.3) is 5.69 Å². The Bertz CT molecular complexity index is 569. The summed E-state index contributed by atoms with van der Waals surface area (Å²) in [6, 6.07) is 3.25. The van der Waals surface area contributed by atoms with Crippen molar-refractivity contribution in [3.63, 3.8) is 0 Å². The Morgan fingerprint density at radius 2 is 2.33 bits per heavy atom. The van der Waals surface area contributed by atoms with Crippen molar-refractivity contribution in [1.29, 1.82) is 0 Å². The van der Waals surface area contributed by atoms with Gasteiger partial charge in [0.05, 0.1) is 23.5 Å². The summed E-state index contributed by atoms with van der Waals surface area (Å²) in [5.74, 6) is 0. The fourth-order valence-corrected chi connectivity index (χ4v) is 2.05. The van der Waals surface area contributed by atoms with Crippen LogP contribution in [-0.4, -0.2) is 14.9 Å². The number of rotatable bonds is 4. The maximum atomic E-state index is 10.8. The number of hydrogen-bond acceptors (Lipinski definition) is 4. The van der Waals surface area contributed by atoms with Crippen LogP contribution in [0.3, 0.4) is 0 Å². The van der Waals surface area contributed by atoms with Crippen molar-refractivity contribution >= 4 is 27.3 Å². The van der Waals surface area contributed by atoms with Gasteiger partial charge in [0.2, 0.25) is 0 Å². The van der Waals surface area contributed by atoms with E-state index in [1.807, 2.05) is 0 Å². The van der Waals surface area contributed by atoms with E-state index < -0.39 is 4.92 Å². The quantitative estimate of drug-likeness (QED) is 0.671. The number of imidazole rings is 1. The lowest BCUT2D eigenvalue weighted by molar-refractivity contribution is -0.385. The highest BCUT2D eigenvalue weighted by atomic mass is 79.9. The van der Waals surface area contributed by atoms with E-state index in [4.69, 9.17) is 0 Å². The third-order valence-electron chi connectivity index (χ3n) is 2.51. The molecule has 1 heterocycles. The van der Waals surface area contributed by atoms with E-state index in [-0.39, 0.29) is 5.69 Å². The molecule has 0 aliphatic heterocycles. The molecule has 0 saturated carbocycles. The standard InChI is InChI=1S/C11H11BrN4O2/c1-7-2-10(9(12)3-11(7)16(17)18)14-5-8-4-13-6-15-8/h2-4,6,14H,5H2,1H3,(H,13,15). The Balaban J connectivity index is 2.19. The SMILES string of the molecule is Cc1cc(NCc2cnc[nH]2)c(Br)cc1[N+](=O)[O-]. The summed E-state index contributed by atoms with van der Waals surface area (Å²) in [4.78, 5) is 17.3. The Labute approximate surface area is 112 Å². The fourth-order valence-electron chi connectivity index (χ4n) is 1.57. The molecule has 0 spiro atoms. The van der Waals surface area contributed by atoms with Crippen molar-refractivity contribution in [3.05, 3.63) is 50.5 Å². The van der Waals surface area contributed by atoms with Gasteiger partial charge in [-0.1, -0.05) is 0 Å². The van der Waals surface area contributed by atoms with Crippen molar-refractivity contribution in [2.45, 2.75) is 13.5 Å². The molecular weight excluding hydrogens is 300 g/mol. The molecule has 2 aromatic rings. The number of H-pyrrole nitrogens is 1. The number of aromatic nitrogens is 2. The van der Waals surface area contributed by atoms with E-state index in [0.29, 0.717) is 16.6 Å². The van der Waals surface area contributed by atoms with E-state index in [9.17, 15) is 10.1 Å². The predicted octanol–water partition coefficient (Wildman–Crippen LogP) is 3.00. The summed E-state index contributed by atoms with van der Waals surface area (Å²) < 4.78 is 0.666. The van der Waals surface area contributed by atoms with Crippen LogP contribution in [-0.2, 0) is 6.54 Å². The molecule has 0 fully saturated rings. The number of nitrogens with zero attached hydrogens (tertiary/aromatic N) is 2. The zero-order valence-electron chi connectivity index (χ0n) is 9.61. The zero-order valence-corrected chi connectivity index (χ0v) is 11.2. The van der Waals surface area contributed by atoms with Gasteiger partial charge in [-0.2, -0.15) is 0 Å². The summed E-state index contributed by atoms with van der Waals surface area (Å²) in [6.07, 6.45) is 3.33. The summed E-state index contributed by atoms with van der Waals surface area (Å²) in [5.41, 5.74) is 2.48. The molecule has 0 aliphatic rings. The molecule has 6 nitrogen and oxygen atoms in total. The van der Waals surface area contributed by atoms with Gasteiger partial charge in [-0.05, 0) is 28.9 Å². The number of halogens is 1. The number of anilines is 1. The number of aromatic amines is 1. The minimum Gasteiger partial charge on any atom is -0.378 e. The van der Waals surface area contributed by atoms with E-state index in [2.05, 4.69) is 31.2 Å². The molecule has 0 amide bonds. The van der Waals surface area contributed by atoms with Crippen LogP contribution < -0.4 is 5.32 Å². The van der Waals surface area contributed by atoms with Gasteiger partial charge < -0.3 is 10.3 Å². The summed E-state index contributed by atoms with van der Waals surface area (Å²) in [6.45, 7) is 2.29. The third kappa shape index (κ3) is 2.67. The lowest BCUT2D eigenvalue weighted by Crippen LogP contribution is -2.02. The molecule has 1 aromatic heterocycles. The van der Waals surface area contributed by atoms with Crippen molar-refractivity contribution in [1.82, 2.24) is 9.97 Å². The molecule has 0 unspecified atom stereocenters. The van der Waals surface area contributed by atoms with Crippen LogP contribution in [0.25, 0.3) is 0 Å². The van der Waals surface area contributed by atoms with Gasteiger partial charge >= 0.3 is 0 Å². The van der Waals surface area contributed by atoms with Gasteiger partial charge in [0.15, 0.2) is 0 Å². The average Bonchev–Trinajstić information content (AvgIpc) is 2.82. The first-order chi connectivity index (χ1) is 8.58. The lowest BCUT2D eigenvalue weighted by atomic mass is 10.2. The molecule has 1 aromatic carbocycles. The van der Waals surface area contributed by atoms with Crippen LogP contribution in [0.5, 0.6) is 0 Å². The van der Waals surface area contributed by atoms with E-state index in [0.717, 1.165) is 11.4 Å². The minimum atomic E-state index is -0.390. The second-order valence-electron chi connectivity index (χ2n) is 3.81. The van der Waals surface area contributed by atoms with Gasteiger partial charge in [0.1, 0.15) is 0 Å². The van der Waals surface area contributed by atoms with Crippen LogP contribution in [0.15, 0.2) is 29.1 Å². The molecule has 7 heteroatoms. The maximum Gasteiger partial charge on any atom is 0.273 e. The second kappa shape index (κ2) is 5.18. The molecule has 94 valence electrons. The molecule has 0 bridgehead atoms. The van der Waals surface area contributed by atoms with Crippen molar-refractivity contribution in [2.75, 3.05) is 5.32 Å². The third-order valence-corrected chi connectivity index (χ3v) is 3.16. The van der Waals surface area contributed by atoms with Crippen molar-refractivity contribution in [3.8, 4) is 0 Å². The Morgan fingerprint density at radius 3 is 2.94 bits per heavy atom. The summed E-state index contributed by atoms with van der Waals surface area (Å²) in [7, 11) is 0. The highest BCUT2D eigenvalue weighted by Crippen LogP contribution is 2.30. The molecular formula is C11H11BrN4O2. The number of nitro benzene ring substituents is 1. The zero-order chi connectivity index (χ0) is 13.1. The first kappa shape index (κ1) is 12.6. The first-order valence-electron chi connectivity index (χ1n) is 5.23. The van der Waals surface area contributed by atoms with E-state index in [1.54, 1.807) is 25.5 Å². The largest absolute Gasteiger partial charge is 0.378 e. The van der Waals surface area contributed by atoms with Gasteiger partial charge in [-0.25, -0.2) is 4.98 Å². The van der Waals surface area contributed by atoms with Crippen molar-refractivity contribution < 1.29 is 4.92 Å². The topological polar surface area (TPSA) is 83.8 Å². The van der Waals surface area contributed by atoms with Crippen LogP contribution in [0, 0.1) is 17.0 Å². The average molecular weight is 311 g/mol. The van der Waals surface area contributed by atoms with Crippen molar-refractivity contribution in [2.24, 2.45) is 0 Å². The van der Waals surface area contributed by atoms with Gasteiger partial charge in [0, 0.05) is 28.0 Å². The monoisotopic (exact) mass is 310 g/mol. The number of nitrogens with one attached hydrogen (secondary N) is 2. The van der Waals surface area contributed by atoms with Gasteiger partial charge in [-0.15, -0.1) is 0 Å². The Morgan fingerprint density at radius 1 is 1.56 bits per heavy atom. The number of hydrogen-bond donors (Lipinski definition) is 2. The van der Waals surface area contributed by atoms with Crippen LogP contribution in [0.1, 0.15) is 11.3 Å². The molecule has 0 aliphatic carbocycles. The molecule has 18 heavy (non-hydrogen) atoms. The Hall–Kier alpha value is -1.89. The first-order valence-corrected chi connectivity index (χ1v) is 6.03. The summed E-state index contributed by atoms with van der Waals surface area (Å²) >= 11 is 3.32. The Kier molecular flexibility index (Phi) is 3.61. The van der Waals surface area contributed by atoms with E-state index in [1.165, 1.54) is 6.07 Å². The van der Waals surface area contributed by atoms with Crippen LogP contribution >= 0.6 is 15.9 Å². The normalized spacial score (nSPS) is 10.3. The highest BCUT2D eigenvalue weighted by Gasteiger charge is 2.13. The minimum absolute atomic E-state index is 0.106. The maximum absolute atomic E-state index is 10.8. The van der Waals surface area contributed by atoms with Gasteiger partial charge in [-0.3, -0.25) is 10.1 Å². The number of benzene rings is 1. The molecule has 0 saturated heterocycles. The molecule has 0 atom stereocenters. The van der Waals surface area contributed by atoms with Crippen LogP contribution in [0.2, 0.25) is 0 Å². The highest BCUT2D eigenvalue weighted by molar-refractivity contribution is 9.10. The molecule has 2 N–H and O–H groups in total. The number of aryl methyl sites for hydroxylation is 1. The molecule has 0 radical (unpaired) electrons. The lowest BCUT2D eigenvalue weighted by Gasteiger charge is -2.08. The van der Waals surface area contributed by atoms with Crippen LogP contribution in [0.4, 0.5) is 11.4 Å². The molecule has 2 rings (SSSR count). The number of nitro groups is 1. The second-order valence-corrected chi connectivity index (χ2v) is 4.66.